The Morgan fingerprint density at radius 3 is 2.76 bits per heavy atom. The van der Waals surface area contributed by atoms with Gasteiger partial charge in [0.15, 0.2) is 0 Å². The Morgan fingerprint density at radius 1 is 1.24 bits per heavy atom. The van der Waals surface area contributed by atoms with E-state index < -0.39 is 0 Å². The lowest BCUT2D eigenvalue weighted by Crippen LogP contribution is -2.00. The summed E-state index contributed by atoms with van der Waals surface area (Å²) in [5.74, 6) is 1.28. The SMILES string of the molecule is COc1cccc(N=C=O)c1COc1cc(Cl)ccc1C. The Morgan fingerprint density at radius 2 is 2.05 bits per heavy atom. The zero-order chi connectivity index (χ0) is 15.2. The van der Waals surface area contributed by atoms with Gasteiger partial charge in [-0.15, -0.1) is 0 Å². The van der Waals surface area contributed by atoms with Crippen molar-refractivity contribution in [2.75, 3.05) is 7.11 Å². The number of rotatable bonds is 5. The molecular weight excluding hydrogens is 290 g/mol. The summed E-state index contributed by atoms with van der Waals surface area (Å²) in [5.41, 5.74) is 2.13. The average Bonchev–Trinajstić information content (AvgIpc) is 2.49. The van der Waals surface area contributed by atoms with E-state index >= 15 is 0 Å². The van der Waals surface area contributed by atoms with Crippen LogP contribution in [0.2, 0.25) is 5.02 Å². The molecular formula is C16H14ClNO3. The average molecular weight is 304 g/mol. The minimum atomic E-state index is 0.214. The molecule has 2 aromatic carbocycles. The van der Waals surface area contributed by atoms with Crippen molar-refractivity contribution in [2.45, 2.75) is 13.5 Å². The molecule has 5 heteroatoms. The molecule has 0 aliphatic heterocycles. The molecule has 0 fully saturated rings. The van der Waals surface area contributed by atoms with Crippen molar-refractivity contribution in [2.24, 2.45) is 4.99 Å². The third-order valence-electron chi connectivity index (χ3n) is 3.02. The van der Waals surface area contributed by atoms with Crippen molar-refractivity contribution in [3.05, 3.63) is 52.5 Å². The number of isocyanates is 1. The van der Waals surface area contributed by atoms with E-state index in [9.17, 15) is 4.79 Å². The second-order valence-corrected chi connectivity index (χ2v) is 4.80. The number of benzene rings is 2. The first-order valence-electron chi connectivity index (χ1n) is 6.28. The van der Waals surface area contributed by atoms with Crippen LogP contribution in [0.4, 0.5) is 5.69 Å². The summed E-state index contributed by atoms with van der Waals surface area (Å²) >= 11 is 5.96. The number of halogens is 1. The van der Waals surface area contributed by atoms with Gasteiger partial charge in [0.1, 0.15) is 18.1 Å². The van der Waals surface area contributed by atoms with Crippen molar-refractivity contribution in [3.63, 3.8) is 0 Å². The van der Waals surface area contributed by atoms with E-state index in [1.807, 2.05) is 13.0 Å². The van der Waals surface area contributed by atoms with Crippen LogP contribution < -0.4 is 9.47 Å². The van der Waals surface area contributed by atoms with Gasteiger partial charge >= 0.3 is 0 Å². The molecule has 0 aliphatic carbocycles. The summed E-state index contributed by atoms with van der Waals surface area (Å²) in [4.78, 5) is 14.2. The molecule has 0 N–H and O–H groups in total. The van der Waals surface area contributed by atoms with Crippen molar-refractivity contribution in [3.8, 4) is 11.5 Å². The number of aryl methyl sites for hydroxylation is 1. The number of aliphatic imine (C=N–C) groups is 1. The third kappa shape index (κ3) is 3.63. The standard InChI is InChI=1S/C16H14ClNO3/c1-11-6-7-12(17)8-16(11)21-9-13-14(18-10-19)4-3-5-15(13)20-2/h3-8H,9H2,1-2H3. The minimum Gasteiger partial charge on any atom is -0.496 e. The molecule has 21 heavy (non-hydrogen) atoms. The highest BCUT2D eigenvalue weighted by molar-refractivity contribution is 6.30. The number of methoxy groups -OCH3 is 1. The van der Waals surface area contributed by atoms with Crippen molar-refractivity contribution >= 4 is 23.4 Å². The molecule has 0 saturated heterocycles. The first-order valence-corrected chi connectivity index (χ1v) is 6.66. The van der Waals surface area contributed by atoms with Gasteiger partial charge in [-0.3, -0.25) is 0 Å². The van der Waals surface area contributed by atoms with E-state index in [2.05, 4.69) is 4.99 Å². The normalized spacial score (nSPS) is 9.86. The summed E-state index contributed by atoms with van der Waals surface area (Å²) in [7, 11) is 1.55. The highest BCUT2D eigenvalue weighted by Crippen LogP contribution is 2.31. The summed E-state index contributed by atoms with van der Waals surface area (Å²) in [5, 5.41) is 0.599. The van der Waals surface area contributed by atoms with E-state index in [-0.39, 0.29) is 6.61 Å². The van der Waals surface area contributed by atoms with Crippen LogP contribution in [-0.2, 0) is 11.4 Å². The maximum absolute atomic E-state index is 10.5. The largest absolute Gasteiger partial charge is 0.496 e. The molecule has 108 valence electrons. The zero-order valence-corrected chi connectivity index (χ0v) is 12.5. The molecule has 0 aromatic heterocycles. The lowest BCUT2D eigenvalue weighted by atomic mass is 10.1. The van der Waals surface area contributed by atoms with E-state index in [0.29, 0.717) is 27.8 Å². The summed E-state index contributed by atoms with van der Waals surface area (Å²) in [6.07, 6.45) is 1.54. The van der Waals surface area contributed by atoms with Crippen molar-refractivity contribution < 1.29 is 14.3 Å². The van der Waals surface area contributed by atoms with Crippen LogP contribution in [0.5, 0.6) is 11.5 Å². The molecule has 0 unspecified atom stereocenters. The molecule has 4 nitrogen and oxygen atoms in total. The van der Waals surface area contributed by atoms with Crippen LogP contribution in [-0.4, -0.2) is 13.2 Å². The van der Waals surface area contributed by atoms with E-state index in [1.165, 1.54) is 6.08 Å². The van der Waals surface area contributed by atoms with Gasteiger partial charge in [-0.2, -0.15) is 4.99 Å². The Kier molecular flexibility index (Phi) is 4.99. The van der Waals surface area contributed by atoms with Crippen LogP contribution in [0, 0.1) is 6.92 Å². The molecule has 0 aliphatic rings. The molecule has 0 bridgehead atoms. The van der Waals surface area contributed by atoms with Gasteiger partial charge in [-0.25, -0.2) is 4.79 Å². The third-order valence-corrected chi connectivity index (χ3v) is 3.25. The minimum absolute atomic E-state index is 0.214. The molecule has 0 heterocycles. The topological polar surface area (TPSA) is 47.9 Å². The van der Waals surface area contributed by atoms with E-state index in [4.69, 9.17) is 21.1 Å². The molecule has 0 atom stereocenters. The van der Waals surface area contributed by atoms with Gasteiger partial charge in [-0.05, 0) is 36.8 Å². The van der Waals surface area contributed by atoms with Crippen LogP contribution in [0.25, 0.3) is 0 Å². The van der Waals surface area contributed by atoms with Gasteiger partial charge in [0.25, 0.3) is 0 Å². The number of hydrogen-bond donors (Lipinski definition) is 0. The zero-order valence-electron chi connectivity index (χ0n) is 11.7. The number of hydrogen-bond acceptors (Lipinski definition) is 4. The number of ether oxygens (including phenoxy) is 2. The summed E-state index contributed by atoms with van der Waals surface area (Å²) in [6, 6.07) is 10.7. The maximum Gasteiger partial charge on any atom is 0.240 e. The number of carbonyl (C=O) groups excluding carboxylic acids is 1. The fourth-order valence-corrected chi connectivity index (χ4v) is 2.09. The first kappa shape index (κ1) is 15.1. The number of nitrogens with zero attached hydrogens (tertiary/aromatic N) is 1. The maximum atomic E-state index is 10.5. The molecule has 2 rings (SSSR count). The van der Waals surface area contributed by atoms with Gasteiger partial charge in [0.2, 0.25) is 6.08 Å². The van der Waals surface area contributed by atoms with Gasteiger partial charge in [-0.1, -0.05) is 23.7 Å². The summed E-state index contributed by atoms with van der Waals surface area (Å²) < 4.78 is 11.1. The van der Waals surface area contributed by atoms with Crippen LogP contribution in [0.15, 0.2) is 41.4 Å². The molecule has 0 radical (unpaired) electrons. The van der Waals surface area contributed by atoms with Crippen LogP contribution in [0.3, 0.4) is 0 Å². The monoisotopic (exact) mass is 303 g/mol. The van der Waals surface area contributed by atoms with Gasteiger partial charge < -0.3 is 9.47 Å². The highest BCUT2D eigenvalue weighted by atomic mass is 35.5. The predicted octanol–water partition coefficient (Wildman–Crippen LogP) is 4.20. The second kappa shape index (κ2) is 6.93. The van der Waals surface area contributed by atoms with Crippen LogP contribution in [0.1, 0.15) is 11.1 Å². The van der Waals surface area contributed by atoms with Gasteiger partial charge in [0, 0.05) is 5.02 Å². The fourth-order valence-electron chi connectivity index (χ4n) is 1.92. The van der Waals surface area contributed by atoms with Gasteiger partial charge in [0.05, 0.1) is 18.4 Å². The van der Waals surface area contributed by atoms with E-state index in [0.717, 1.165) is 5.56 Å². The Bertz CT molecular complexity index is 694. The molecule has 0 amide bonds. The Balaban J connectivity index is 2.30. The lowest BCUT2D eigenvalue weighted by Gasteiger charge is -2.13. The second-order valence-electron chi connectivity index (χ2n) is 4.36. The molecule has 0 saturated carbocycles. The smallest absolute Gasteiger partial charge is 0.240 e. The Labute approximate surface area is 128 Å². The first-order chi connectivity index (χ1) is 10.2. The fraction of sp³-hybridized carbons (Fsp3) is 0.188. The van der Waals surface area contributed by atoms with Crippen molar-refractivity contribution in [1.29, 1.82) is 0 Å². The molecule has 0 spiro atoms. The van der Waals surface area contributed by atoms with Crippen molar-refractivity contribution in [1.82, 2.24) is 0 Å². The molecule has 2 aromatic rings. The quantitative estimate of drug-likeness (QED) is 0.614. The van der Waals surface area contributed by atoms with Crippen LogP contribution >= 0.6 is 11.6 Å². The Hall–Kier alpha value is -2.29. The predicted molar refractivity (Wildman–Crippen MR) is 81.3 cm³/mol. The summed E-state index contributed by atoms with van der Waals surface area (Å²) in [6.45, 7) is 2.14. The lowest BCUT2D eigenvalue weighted by molar-refractivity contribution is 0.295. The van der Waals surface area contributed by atoms with E-state index in [1.54, 1.807) is 37.4 Å². The highest BCUT2D eigenvalue weighted by Gasteiger charge is 2.10.